The second-order valence-corrected chi connectivity index (χ2v) is 4.01. The van der Waals surface area contributed by atoms with Crippen LogP contribution in [0.2, 0.25) is 0 Å². The molecule has 0 spiro atoms. The zero-order chi connectivity index (χ0) is 12.0. The maximum absolute atomic E-state index is 9.74. The van der Waals surface area contributed by atoms with Crippen LogP contribution >= 0.6 is 0 Å². The average molecular weight is 223 g/mol. The van der Waals surface area contributed by atoms with Crippen LogP contribution in [0.4, 0.5) is 0 Å². The van der Waals surface area contributed by atoms with Crippen LogP contribution in [-0.2, 0) is 6.42 Å². The summed E-state index contributed by atoms with van der Waals surface area (Å²) in [4.78, 5) is 0. The van der Waals surface area contributed by atoms with Crippen LogP contribution in [0.25, 0.3) is 0 Å². The molecule has 0 aliphatic heterocycles. The maximum Gasteiger partial charge on any atom is 0.122 e. The number of phenolic OH excluding ortho intramolecular Hbond substituents is 1. The van der Waals surface area contributed by atoms with Gasteiger partial charge in [-0.1, -0.05) is 13.0 Å². The summed E-state index contributed by atoms with van der Waals surface area (Å²) < 4.78 is 5.03. The minimum Gasteiger partial charge on any atom is -0.508 e. The molecule has 3 heteroatoms. The molecule has 0 bridgehead atoms. The number of phenols is 1. The highest BCUT2D eigenvalue weighted by molar-refractivity contribution is 5.39. The van der Waals surface area contributed by atoms with E-state index in [-0.39, 0.29) is 0 Å². The second-order valence-electron chi connectivity index (χ2n) is 4.01. The number of methoxy groups -OCH3 is 1. The zero-order valence-electron chi connectivity index (χ0n) is 10.3. The molecule has 0 aromatic heterocycles. The fraction of sp³-hybridized carbons (Fsp3) is 0.538. The Balaban J connectivity index is 2.48. The SMILES string of the molecule is CCC(C)NCCc1ccc(OC)cc1O. The molecule has 0 amide bonds. The Morgan fingerprint density at radius 2 is 2.19 bits per heavy atom. The monoisotopic (exact) mass is 223 g/mol. The van der Waals surface area contributed by atoms with Gasteiger partial charge in [0, 0.05) is 12.1 Å². The molecule has 0 saturated carbocycles. The quantitative estimate of drug-likeness (QED) is 0.777. The van der Waals surface area contributed by atoms with Gasteiger partial charge in [0.2, 0.25) is 0 Å². The van der Waals surface area contributed by atoms with Gasteiger partial charge < -0.3 is 15.2 Å². The van der Waals surface area contributed by atoms with Crippen molar-refractivity contribution in [3.63, 3.8) is 0 Å². The highest BCUT2D eigenvalue weighted by Gasteiger charge is 2.03. The Morgan fingerprint density at radius 3 is 2.75 bits per heavy atom. The van der Waals surface area contributed by atoms with E-state index in [9.17, 15) is 5.11 Å². The van der Waals surface area contributed by atoms with Gasteiger partial charge in [0.25, 0.3) is 0 Å². The van der Waals surface area contributed by atoms with Crippen molar-refractivity contribution in [1.29, 1.82) is 0 Å². The first-order valence-corrected chi connectivity index (χ1v) is 5.76. The molecule has 0 aliphatic rings. The first-order valence-electron chi connectivity index (χ1n) is 5.76. The van der Waals surface area contributed by atoms with Crippen LogP contribution in [0.3, 0.4) is 0 Å². The van der Waals surface area contributed by atoms with Crippen molar-refractivity contribution < 1.29 is 9.84 Å². The number of aromatic hydroxyl groups is 1. The molecule has 0 radical (unpaired) electrons. The lowest BCUT2D eigenvalue weighted by atomic mass is 10.1. The molecule has 0 saturated heterocycles. The predicted molar refractivity (Wildman–Crippen MR) is 66.1 cm³/mol. The van der Waals surface area contributed by atoms with Crippen LogP contribution in [0.15, 0.2) is 18.2 Å². The molecule has 16 heavy (non-hydrogen) atoms. The number of nitrogens with one attached hydrogen (secondary N) is 1. The highest BCUT2D eigenvalue weighted by atomic mass is 16.5. The molecule has 1 unspecified atom stereocenters. The number of hydrogen-bond acceptors (Lipinski definition) is 3. The molecule has 2 N–H and O–H groups in total. The third-order valence-electron chi connectivity index (χ3n) is 2.79. The van der Waals surface area contributed by atoms with E-state index in [0.717, 1.165) is 24.9 Å². The van der Waals surface area contributed by atoms with E-state index in [4.69, 9.17) is 4.74 Å². The van der Waals surface area contributed by atoms with Gasteiger partial charge in [0.05, 0.1) is 7.11 Å². The standard InChI is InChI=1S/C13H21NO2/c1-4-10(2)14-8-7-11-5-6-12(16-3)9-13(11)15/h5-6,9-10,14-15H,4,7-8H2,1-3H3. The van der Waals surface area contributed by atoms with Crippen LogP contribution in [0, 0.1) is 0 Å². The number of benzene rings is 1. The van der Waals surface area contributed by atoms with Gasteiger partial charge in [-0.25, -0.2) is 0 Å². The van der Waals surface area contributed by atoms with Crippen molar-refractivity contribution in [1.82, 2.24) is 5.32 Å². The fourth-order valence-corrected chi connectivity index (χ4v) is 1.48. The number of ether oxygens (including phenoxy) is 1. The summed E-state index contributed by atoms with van der Waals surface area (Å²) >= 11 is 0. The van der Waals surface area contributed by atoms with Crippen LogP contribution < -0.4 is 10.1 Å². The van der Waals surface area contributed by atoms with Crippen molar-refractivity contribution >= 4 is 0 Å². The molecule has 1 rings (SSSR count). The Kier molecular flexibility index (Phi) is 5.12. The van der Waals surface area contributed by atoms with Crippen molar-refractivity contribution in [2.24, 2.45) is 0 Å². The Labute approximate surface area is 97.4 Å². The smallest absolute Gasteiger partial charge is 0.122 e. The summed E-state index contributed by atoms with van der Waals surface area (Å²) in [7, 11) is 1.60. The summed E-state index contributed by atoms with van der Waals surface area (Å²) in [6, 6.07) is 5.96. The molecule has 1 atom stereocenters. The summed E-state index contributed by atoms with van der Waals surface area (Å²) in [6.45, 7) is 5.20. The molecule has 0 heterocycles. The van der Waals surface area contributed by atoms with Gasteiger partial charge in [0.1, 0.15) is 11.5 Å². The molecule has 3 nitrogen and oxygen atoms in total. The third kappa shape index (κ3) is 3.74. The normalized spacial score (nSPS) is 12.4. The summed E-state index contributed by atoms with van der Waals surface area (Å²) in [5, 5.41) is 13.1. The summed E-state index contributed by atoms with van der Waals surface area (Å²) in [5.74, 6) is 1.00. The number of hydrogen-bond donors (Lipinski definition) is 2. The molecule has 90 valence electrons. The van der Waals surface area contributed by atoms with Gasteiger partial charge in [-0.2, -0.15) is 0 Å². The second kappa shape index (κ2) is 6.38. The van der Waals surface area contributed by atoms with Gasteiger partial charge in [-0.05, 0) is 37.9 Å². The first-order chi connectivity index (χ1) is 7.67. The van der Waals surface area contributed by atoms with E-state index < -0.39 is 0 Å². The first kappa shape index (κ1) is 12.8. The van der Waals surface area contributed by atoms with Gasteiger partial charge >= 0.3 is 0 Å². The molecule has 0 fully saturated rings. The van der Waals surface area contributed by atoms with E-state index in [0.29, 0.717) is 17.5 Å². The molecule has 1 aromatic rings. The summed E-state index contributed by atoms with van der Waals surface area (Å²) in [6.07, 6.45) is 1.95. The summed E-state index contributed by atoms with van der Waals surface area (Å²) in [5.41, 5.74) is 0.955. The average Bonchev–Trinajstić information content (AvgIpc) is 2.30. The third-order valence-corrected chi connectivity index (χ3v) is 2.79. The van der Waals surface area contributed by atoms with Gasteiger partial charge in [-0.15, -0.1) is 0 Å². The maximum atomic E-state index is 9.74. The van der Waals surface area contributed by atoms with Crippen molar-refractivity contribution in [3.05, 3.63) is 23.8 Å². The van der Waals surface area contributed by atoms with E-state index in [1.807, 2.05) is 12.1 Å². The molecular formula is C13H21NO2. The molecule has 0 aliphatic carbocycles. The lowest BCUT2D eigenvalue weighted by molar-refractivity contribution is 0.406. The van der Waals surface area contributed by atoms with E-state index >= 15 is 0 Å². The zero-order valence-corrected chi connectivity index (χ0v) is 10.3. The fourth-order valence-electron chi connectivity index (χ4n) is 1.48. The van der Waals surface area contributed by atoms with Crippen molar-refractivity contribution in [2.45, 2.75) is 32.7 Å². The van der Waals surface area contributed by atoms with Gasteiger partial charge in [-0.3, -0.25) is 0 Å². The Morgan fingerprint density at radius 1 is 1.44 bits per heavy atom. The predicted octanol–water partition coefficient (Wildman–Crippen LogP) is 2.33. The van der Waals surface area contributed by atoms with Crippen molar-refractivity contribution in [2.75, 3.05) is 13.7 Å². The van der Waals surface area contributed by atoms with Gasteiger partial charge in [0.15, 0.2) is 0 Å². The van der Waals surface area contributed by atoms with E-state index in [1.54, 1.807) is 13.2 Å². The topological polar surface area (TPSA) is 41.5 Å². The van der Waals surface area contributed by atoms with E-state index in [1.165, 1.54) is 0 Å². The van der Waals surface area contributed by atoms with E-state index in [2.05, 4.69) is 19.2 Å². The van der Waals surface area contributed by atoms with Crippen LogP contribution in [0.1, 0.15) is 25.8 Å². The lowest BCUT2D eigenvalue weighted by Gasteiger charge is -2.12. The highest BCUT2D eigenvalue weighted by Crippen LogP contribution is 2.23. The lowest BCUT2D eigenvalue weighted by Crippen LogP contribution is -2.27. The largest absolute Gasteiger partial charge is 0.508 e. The number of rotatable bonds is 6. The van der Waals surface area contributed by atoms with Crippen LogP contribution in [-0.4, -0.2) is 24.8 Å². The van der Waals surface area contributed by atoms with Crippen molar-refractivity contribution in [3.8, 4) is 11.5 Å². The Bertz CT molecular complexity index is 326. The Hall–Kier alpha value is -1.22. The molecule has 1 aromatic carbocycles. The van der Waals surface area contributed by atoms with Crippen LogP contribution in [0.5, 0.6) is 11.5 Å². The minimum absolute atomic E-state index is 0.310. The molecular weight excluding hydrogens is 202 g/mol. The minimum atomic E-state index is 0.310.